The van der Waals surface area contributed by atoms with E-state index in [0.29, 0.717) is 12.1 Å². The molecule has 1 aliphatic heterocycles. The van der Waals surface area contributed by atoms with Gasteiger partial charge in [0.05, 0.1) is 6.04 Å². The van der Waals surface area contributed by atoms with E-state index in [0.717, 1.165) is 24.1 Å². The highest BCUT2D eigenvalue weighted by Gasteiger charge is 2.37. The Hall–Kier alpha value is -0.900. The predicted octanol–water partition coefficient (Wildman–Crippen LogP) is 2.23. The van der Waals surface area contributed by atoms with Crippen LogP contribution in [0.25, 0.3) is 0 Å². The number of aromatic nitrogens is 2. The molecule has 3 atom stereocenters. The zero-order chi connectivity index (χ0) is 11.0. The van der Waals surface area contributed by atoms with E-state index in [-0.39, 0.29) is 0 Å². The van der Waals surface area contributed by atoms with Crippen LogP contribution in [0.1, 0.15) is 56.8 Å². The first-order valence-corrected chi connectivity index (χ1v) is 6.45. The fourth-order valence-electron chi connectivity index (χ4n) is 3.06. The van der Waals surface area contributed by atoms with E-state index in [4.69, 9.17) is 4.52 Å². The molecule has 0 amide bonds. The van der Waals surface area contributed by atoms with E-state index in [9.17, 15) is 0 Å². The topological polar surface area (TPSA) is 51.0 Å². The maximum absolute atomic E-state index is 5.32. The average molecular weight is 221 g/mol. The number of hydrogen-bond donors (Lipinski definition) is 1. The number of nitrogens with one attached hydrogen (secondary N) is 1. The Labute approximate surface area is 95.8 Å². The van der Waals surface area contributed by atoms with Gasteiger partial charge in [-0.25, -0.2) is 0 Å². The van der Waals surface area contributed by atoms with E-state index >= 15 is 0 Å². The van der Waals surface area contributed by atoms with Crippen LogP contribution in [-0.4, -0.2) is 16.2 Å². The minimum Gasteiger partial charge on any atom is -0.338 e. The number of rotatable bonds is 2. The molecule has 2 aliphatic rings. The lowest BCUT2D eigenvalue weighted by molar-refractivity contribution is 0.324. The van der Waals surface area contributed by atoms with Gasteiger partial charge in [-0.1, -0.05) is 24.9 Å². The lowest BCUT2D eigenvalue weighted by Gasteiger charge is -2.24. The molecule has 1 saturated heterocycles. The second-order valence-corrected chi connectivity index (χ2v) is 5.01. The van der Waals surface area contributed by atoms with Crippen molar-refractivity contribution in [1.82, 2.24) is 15.5 Å². The normalized spacial score (nSPS) is 33.9. The molecule has 4 nitrogen and oxygen atoms in total. The standard InChI is InChI=1S/C12H19N3O/c1-2-11-14-12(16-15-11)10-7-8-5-3-4-6-9(8)13-10/h8-10,13H,2-7H2,1H3. The van der Waals surface area contributed by atoms with Crippen molar-refractivity contribution in [2.75, 3.05) is 0 Å². The molecule has 2 fully saturated rings. The van der Waals surface area contributed by atoms with Crippen LogP contribution >= 0.6 is 0 Å². The van der Waals surface area contributed by atoms with Crippen molar-refractivity contribution in [3.05, 3.63) is 11.7 Å². The average Bonchev–Trinajstić information content (AvgIpc) is 2.95. The van der Waals surface area contributed by atoms with Crippen molar-refractivity contribution < 1.29 is 4.52 Å². The maximum Gasteiger partial charge on any atom is 0.243 e. The first kappa shape index (κ1) is 10.3. The van der Waals surface area contributed by atoms with Crippen molar-refractivity contribution >= 4 is 0 Å². The molecule has 1 aromatic rings. The zero-order valence-corrected chi connectivity index (χ0v) is 9.78. The zero-order valence-electron chi connectivity index (χ0n) is 9.78. The molecule has 1 saturated carbocycles. The fraction of sp³-hybridized carbons (Fsp3) is 0.833. The highest BCUT2D eigenvalue weighted by Crippen LogP contribution is 2.38. The third kappa shape index (κ3) is 1.75. The highest BCUT2D eigenvalue weighted by molar-refractivity contribution is 5.01. The Morgan fingerprint density at radius 1 is 1.38 bits per heavy atom. The van der Waals surface area contributed by atoms with Crippen LogP contribution in [-0.2, 0) is 6.42 Å². The van der Waals surface area contributed by atoms with Crippen molar-refractivity contribution in [2.45, 2.75) is 57.5 Å². The molecule has 2 heterocycles. The number of aryl methyl sites for hydroxylation is 1. The van der Waals surface area contributed by atoms with Gasteiger partial charge in [0.2, 0.25) is 5.89 Å². The number of hydrogen-bond acceptors (Lipinski definition) is 4. The monoisotopic (exact) mass is 221 g/mol. The van der Waals surface area contributed by atoms with Crippen molar-refractivity contribution in [1.29, 1.82) is 0 Å². The van der Waals surface area contributed by atoms with E-state index < -0.39 is 0 Å². The Morgan fingerprint density at radius 2 is 2.25 bits per heavy atom. The van der Waals surface area contributed by atoms with Gasteiger partial charge in [-0.15, -0.1) is 0 Å². The molecule has 3 rings (SSSR count). The quantitative estimate of drug-likeness (QED) is 0.832. The minimum atomic E-state index is 0.306. The van der Waals surface area contributed by atoms with Gasteiger partial charge in [-0.3, -0.25) is 0 Å². The molecule has 0 spiro atoms. The summed E-state index contributed by atoms with van der Waals surface area (Å²) < 4.78 is 5.32. The molecule has 0 radical (unpaired) electrons. The second-order valence-electron chi connectivity index (χ2n) is 5.01. The Kier molecular flexibility index (Phi) is 2.67. The molecule has 1 aliphatic carbocycles. The summed E-state index contributed by atoms with van der Waals surface area (Å²) in [4.78, 5) is 4.43. The molecule has 0 bridgehead atoms. The van der Waals surface area contributed by atoms with Gasteiger partial charge < -0.3 is 9.84 Å². The van der Waals surface area contributed by atoms with Crippen molar-refractivity contribution in [2.24, 2.45) is 5.92 Å². The Bertz CT molecular complexity index is 349. The van der Waals surface area contributed by atoms with E-state index in [1.165, 1.54) is 32.1 Å². The number of nitrogens with zero attached hydrogens (tertiary/aromatic N) is 2. The van der Waals surface area contributed by atoms with Gasteiger partial charge in [-0.05, 0) is 25.2 Å². The molecule has 1 N–H and O–H groups in total. The van der Waals surface area contributed by atoms with Crippen LogP contribution in [0.5, 0.6) is 0 Å². The molecular formula is C12H19N3O. The van der Waals surface area contributed by atoms with Gasteiger partial charge in [0.15, 0.2) is 5.82 Å². The van der Waals surface area contributed by atoms with Crippen LogP contribution in [0.3, 0.4) is 0 Å². The van der Waals surface area contributed by atoms with Crippen molar-refractivity contribution in [3.63, 3.8) is 0 Å². The van der Waals surface area contributed by atoms with Gasteiger partial charge in [0, 0.05) is 12.5 Å². The SMILES string of the molecule is CCc1noc(C2CC3CCCCC3N2)n1. The summed E-state index contributed by atoms with van der Waals surface area (Å²) in [6.07, 6.45) is 7.46. The summed E-state index contributed by atoms with van der Waals surface area (Å²) in [7, 11) is 0. The summed E-state index contributed by atoms with van der Waals surface area (Å²) in [5.41, 5.74) is 0. The van der Waals surface area contributed by atoms with Crippen LogP contribution in [0.2, 0.25) is 0 Å². The lowest BCUT2D eigenvalue weighted by Crippen LogP contribution is -2.30. The summed E-state index contributed by atoms with van der Waals surface area (Å²) >= 11 is 0. The van der Waals surface area contributed by atoms with Crippen LogP contribution in [0, 0.1) is 5.92 Å². The van der Waals surface area contributed by atoms with Gasteiger partial charge in [0.1, 0.15) is 0 Å². The van der Waals surface area contributed by atoms with Crippen LogP contribution < -0.4 is 5.32 Å². The lowest BCUT2D eigenvalue weighted by atomic mass is 9.85. The molecule has 0 aromatic carbocycles. The third-order valence-electron chi connectivity index (χ3n) is 3.96. The first-order chi connectivity index (χ1) is 7.86. The summed E-state index contributed by atoms with van der Waals surface area (Å²) in [5, 5.41) is 7.62. The fourth-order valence-corrected chi connectivity index (χ4v) is 3.06. The highest BCUT2D eigenvalue weighted by atomic mass is 16.5. The molecule has 3 unspecified atom stereocenters. The van der Waals surface area contributed by atoms with E-state index in [1.54, 1.807) is 0 Å². The summed E-state index contributed by atoms with van der Waals surface area (Å²) in [6, 6.07) is 0.997. The molecule has 1 aromatic heterocycles. The van der Waals surface area contributed by atoms with E-state index in [1.807, 2.05) is 0 Å². The maximum atomic E-state index is 5.32. The van der Waals surface area contributed by atoms with Gasteiger partial charge in [0.25, 0.3) is 0 Å². The summed E-state index contributed by atoms with van der Waals surface area (Å²) in [6.45, 7) is 2.05. The molecular weight excluding hydrogens is 202 g/mol. The molecule has 4 heteroatoms. The minimum absolute atomic E-state index is 0.306. The van der Waals surface area contributed by atoms with Crippen LogP contribution in [0.4, 0.5) is 0 Å². The summed E-state index contributed by atoms with van der Waals surface area (Å²) in [5.74, 6) is 2.45. The van der Waals surface area contributed by atoms with Crippen LogP contribution in [0.15, 0.2) is 4.52 Å². The first-order valence-electron chi connectivity index (χ1n) is 6.45. The molecule has 16 heavy (non-hydrogen) atoms. The third-order valence-corrected chi connectivity index (χ3v) is 3.96. The number of fused-ring (bicyclic) bond motifs is 1. The van der Waals surface area contributed by atoms with Gasteiger partial charge in [-0.2, -0.15) is 4.98 Å². The smallest absolute Gasteiger partial charge is 0.243 e. The van der Waals surface area contributed by atoms with E-state index in [2.05, 4.69) is 22.4 Å². The largest absolute Gasteiger partial charge is 0.338 e. The van der Waals surface area contributed by atoms with Gasteiger partial charge >= 0.3 is 0 Å². The van der Waals surface area contributed by atoms with Crippen molar-refractivity contribution in [3.8, 4) is 0 Å². The Morgan fingerprint density at radius 3 is 3.00 bits per heavy atom. The molecule has 88 valence electrons. The predicted molar refractivity (Wildman–Crippen MR) is 59.9 cm³/mol. The second kappa shape index (κ2) is 4.17. The Balaban J connectivity index is 1.72.